The summed E-state index contributed by atoms with van der Waals surface area (Å²) in [7, 11) is -3.50. The predicted octanol–water partition coefficient (Wildman–Crippen LogP) is 1.38. The smallest absolute Gasteiger partial charge is 0.243 e. The molecular formula is C15H24N2O3S. The number of aliphatic hydroxyl groups is 1. The van der Waals surface area contributed by atoms with Gasteiger partial charge in [0.25, 0.3) is 0 Å². The van der Waals surface area contributed by atoms with Crippen molar-refractivity contribution < 1.29 is 13.5 Å². The molecule has 5 nitrogen and oxygen atoms in total. The maximum Gasteiger partial charge on any atom is 0.243 e. The molecule has 21 heavy (non-hydrogen) atoms. The number of hydrogen-bond donors (Lipinski definition) is 2. The van der Waals surface area contributed by atoms with Gasteiger partial charge in [0.2, 0.25) is 10.0 Å². The highest BCUT2D eigenvalue weighted by atomic mass is 32.2. The van der Waals surface area contributed by atoms with Crippen LogP contribution in [0.3, 0.4) is 0 Å². The Hall–Kier alpha value is -0.950. The summed E-state index contributed by atoms with van der Waals surface area (Å²) in [5.41, 5.74) is 7.48. The minimum atomic E-state index is -3.50. The summed E-state index contributed by atoms with van der Waals surface area (Å²) in [5, 5.41) is 9.00. The molecule has 118 valence electrons. The first-order valence-corrected chi connectivity index (χ1v) is 8.87. The van der Waals surface area contributed by atoms with Crippen molar-refractivity contribution in [2.75, 3.05) is 13.2 Å². The number of benzene rings is 1. The lowest BCUT2D eigenvalue weighted by atomic mass is 9.93. The SMILES string of the molecule is Cc1cc(S(=O)(=O)N(CCCO)C2CCC2)ccc1CN. The quantitative estimate of drug-likeness (QED) is 0.796. The zero-order chi connectivity index (χ0) is 15.5. The highest BCUT2D eigenvalue weighted by Crippen LogP contribution is 2.30. The summed E-state index contributed by atoms with van der Waals surface area (Å²) >= 11 is 0. The standard InChI is InChI=1S/C15H24N2O3S/c1-12-10-15(7-6-13(12)11-16)21(19,20)17(8-3-9-18)14-4-2-5-14/h6-7,10,14,18H,2-5,8-9,11,16H2,1H3. The van der Waals surface area contributed by atoms with Crippen LogP contribution in [0.1, 0.15) is 36.8 Å². The molecule has 0 saturated heterocycles. The summed E-state index contributed by atoms with van der Waals surface area (Å²) in [6.45, 7) is 2.66. The first-order chi connectivity index (χ1) is 10.0. The number of nitrogens with zero attached hydrogens (tertiary/aromatic N) is 1. The van der Waals surface area contributed by atoms with E-state index >= 15 is 0 Å². The summed E-state index contributed by atoms with van der Waals surface area (Å²) in [5.74, 6) is 0. The molecule has 0 unspecified atom stereocenters. The topological polar surface area (TPSA) is 83.6 Å². The van der Waals surface area contributed by atoms with Crippen LogP contribution >= 0.6 is 0 Å². The summed E-state index contributed by atoms with van der Waals surface area (Å²) in [4.78, 5) is 0.321. The lowest BCUT2D eigenvalue weighted by Crippen LogP contribution is -2.44. The van der Waals surface area contributed by atoms with Crippen LogP contribution in [-0.2, 0) is 16.6 Å². The van der Waals surface area contributed by atoms with E-state index in [0.29, 0.717) is 24.4 Å². The zero-order valence-electron chi connectivity index (χ0n) is 12.5. The van der Waals surface area contributed by atoms with Crippen molar-refractivity contribution in [1.82, 2.24) is 4.31 Å². The van der Waals surface area contributed by atoms with Crippen molar-refractivity contribution in [2.45, 2.75) is 50.1 Å². The van der Waals surface area contributed by atoms with Crippen LogP contribution < -0.4 is 5.73 Å². The first kappa shape index (κ1) is 16.4. The van der Waals surface area contributed by atoms with E-state index in [0.717, 1.165) is 30.4 Å². The second kappa shape index (κ2) is 6.87. The highest BCUT2D eigenvalue weighted by Gasteiger charge is 2.34. The third-order valence-corrected chi connectivity index (χ3v) is 6.11. The van der Waals surface area contributed by atoms with Gasteiger partial charge in [-0.3, -0.25) is 0 Å². The van der Waals surface area contributed by atoms with Gasteiger partial charge in [0.15, 0.2) is 0 Å². The van der Waals surface area contributed by atoms with Gasteiger partial charge in [-0.25, -0.2) is 8.42 Å². The lowest BCUT2D eigenvalue weighted by molar-refractivity contribution is 0.198. The molecule has 1 aromatic rings. The molecule has 1 aliphatic rings. The van der Waals surface area contributed by atoms with Gasteiger partial charge in [-0.2, -0.15) is 4.31 Å². The van der Waals surface area contributed by atoms with E-state index in [1.54, 1.807) is 22.5 Å². The molecule has 0 aromatic heterocycles. The molecule has 1 aliphatic carbocycles. The van der Waals surface area contributed by atoms with Gasteiger partial charge in [0.05, 0.1) is 4.90 Å². The number of hydrogen-bond acceptors (Lipinski definition) is 4. The largest absolute Gasteiger partial charge is 0.396 e. The lowest BCUT2D eigenvalue weighted by Gasteiger charge is -2.36. The van der Waals surface area contributed by atoms with Gasteiger partial charge >= 0.3 is 0 Å². The molecule has 0 atom stereocenters. The monoisotopic (exact) mass is 312 g/mol. The van der Waals surface area contributed by atoms with E-state index in [1.807, 2.05) is 6.92 Å². The van der Waals surface area contributed by atoms with Crippen LogP contribution in [0.25, 0.3) is 0 Å². The van der Waals surface area contributed by atoms with Gasteiger partial charge in [0.1, 0.15) is 0 Å². The Kier molecular flexibility index (Phi) is 5.37. The molecule has 2 rings (SSSR count). The molecule has 6 heteroatoms. The average molecular weight is 312 g/mol. The third-order valence-electron chi connectivity index (χ3n) is 4.16. The van der Waals surface area contributed by atoms with E-state index in [4.69, 9.17) is 10.8 Å². The van der Waals surface area contributed by atoms with E-state index in [2.05, 4.69) is 0 Å². The van der Waals surface area contributed by atoms with Crippen molar-refractivity contribution in [3.8, 4) is 0 Å². The molecule has 0 aliphatic heterocycles. The van der Waals surface area contributed by atoms with Crippen molar-refractivity contribution in [3.05, 3.63) is 29.3 Å². The maximum atomic E-state index is 12.8. The Morgan fingerprint density at radius 3 is 2.57 bits per heavy atom. The van der Waals surface area contributed by atoms with E-state index in [1.165, 1.54) is 0 Å². The molecule has 1 aromatic carbocycles. The summed E-state index contributed by atoms with van der Waals surface area (Å²) in [6, 6.07) is 5.20. The number of sulfonamides is 1. The molecule has 0 spiro atoms. The Morgan fingerprint density at radius 2 is 2.10 bits per heavy atom. The Labute approximate surface area is 126 Å². The Morgan fingerprint density at radius 1 is 1.38 bits per heavy atom. The number of nitrogens with two attached hydrogens (primary N) is 1. The van der Waals surface area contributed by atoms with Crippen molar-refractivity contribution >= 4 is 10.0 Å². The van der Waals surface area contributed by atoms with Crippen LogP contribution in [0, 0.1) is 6.92 Å². The number of rotatable bonds is 7. The van der Waals surface area contributed by atoms with Gasteiger partial charge in [-0.15, -0.1) is 0 Å². The van der Waals surface area contributed by atoms with Gasteiger partial charge < -0.3 is 10.8 Å². The van der Waals surface area contributed by atoms with Crippen LogP contribution in [0.15, 0.2) is 23.1 Å². The normalized spacial score (nSPS) is 16.2. The maximum absolute atomic E-state index is 12.8. The van der Waals surface area contributed by atoms with Crippen LogP contribution in [-0.4, -0.2) is 37.0 Å². The molecule has 0 bridgehead atoms. The average Bonchev–Trinajstić information content (AvgIpc) is 2.40. The van der Waals surface area contributed by atoms with Crippen LogP contribution in [0.2, 0.25) is 0 Å². The van der Waals surface area contributed by atoms with Gasteiger partial charge in [-0.1, -0.05) is 12.5 Å². The Bertz CT molecular complexity index is 583. The fraction of sp³-hybridized carbons (Fsp3) is 0.600. The van der Waals surface area contributed by atoms with E-state index < -0.39 is 10.0 Å². The first-order valence-electron chi connectivity index (χ1n) is 7.43. The molecule has 0 radical (unpaired) electrons. The Balaban J connectivity index is 2.30. The minimum absolute atomic E-state index is 0.00385. The van der Waals surface area contributed by atoms with Crippen molar-refractivity contribution in [3.63, 3.8) is 0 Å². The number of aliphatic hydroxyl groups excluding tert-OH is 1. The molecule has 1 saturated carbocycles. The summed E-state index contributed by atoms with van der Waals surface area (Å²) < 4.78 is 27.2. The second-order valence-corrected chi connectivity index (χ2v) is 7.46. The van der Waals surface area contributed by atoms with Gasteiger partial charge in [-0.05, 0) is 49.4 Å². The molecular weight excluding hydrogens is 288 g/mol. The zero-order valence-corrected chi connectivity index (χ0v) is 13.3. The fourth-order valence-electron chi connectivity index (χ4n) is 2.59. The minimum Gasteiger partial charge on any atom is -0.396 e. The van der Waals surface area contributed by atoms with Gasteiger partial charge in [0, 0.05) is 25.7 Å². The molecule has 3 N–H and O–H groups in total. The molecule has 0 heterocycles. The highest BCUT2D eigenvalue weighted by molar-refractivity contribution is 7.89. The van der Waals surface area contributed by atoms with E-state index in [-0.39, 0.29) is 12.6 Å². The van der Waals surface area contributed by atoms with Crippen molar-refractivity contribution in [1.29, 1.82) is 0 Å². The third kappa shape index (κ3) is 3.45. The second-order valence-electron chi connectivity index (χ2n) is 5.57. The molecule has 1 fully saturated rings. The number of aryl methyl sites for hydroxylation is 1. The van der Waals surface area contributed by atoms with Crippen LogP contribution in [0.4, 0.5) is 0 Å². The van der Waals surface area contributed by atoms with Crippen LogP contribution in [0.5, 0.6) is 0 Å². The van der Waals surface area contributed by atoms with E-state index in [9.17, 15) is 8.42 Å². The summed E-state index contributed by atoms with van der Waals surface area (Å²) in [6.07, 6.45) is 3.35. The predicted molar refractivity (Wildman–Crippen MR) is 82.3 cm³/mol. The van der Waals surface area contributed by atoms with Crippen molar-refractivity contribution in [2.24, 2.45) is 5.73 Å². The fourth-order valence-corrected chi connectivity index (χ4v) is 4.40. The molecule has 0 amide bonds.